The van der Waals surface area contributed by atoms with Gasteiger partial charge in [-0.05, 0) is 13.3 Å². The third-order valence-corrected chi connectivity index (χ3v) is 5.24. The maximum absolute atomic E-state index is 11.9. The molecule has 104 valence electrons. The van der Waals surface area contributed by atoms with E-state index < -0.39 is 33.7 Å². The molecule has 0 aromatic heterocycles. The van der Waals surface area contributed by atoms with E-state index in [0.29, 0.717) is 6.42 Å². The van der Waals surface area contributed by atoms with E-state index in [1.54, 1.807) is 13.8 Å². The van der Waals surface area contributed by atoms with Crippen molar-refractivity contribution >= 4 is 21.7 Å². The average Bonchev–Trinajstić information content (AvgIpc) is 3.06. The van der Waals surface area contributed by atoms with Gasteiger partial charge in [0.25, 0.3) is 0 Å². The third kappa shape index (κ3) is 3.44. The second kappa shape index (κ2) is 5.26. The lowest BCUT2D eigenvalue weighted by molar-refractivity contribution is -0.142. The zero-order valence-electron chi connectivity index (χ0n) is 10.8. The van der Waals surface area contributed by atoms with Crippen molar-refractivity contribution in [3.8, 4) is 0 Å². The van der Waals surface area contributed by atoms with E-state index in [1.807, 2.05) is 0 Å². The fourth-order valence-corrected chi connectivity index (χ4v) is 3.01. The van der Waals surface area contributed by atoms with Crippen molar-refractivity contribution in [2.45, 2.75) is 26.3 Å². The molecule has 0 aliphatic heterocycles. The van der Waals surface area contributed by atoms with Crippen LogP contribution in [0.4, 0.5) is 0 Å². The van der Waals surface area contributed by atoms with Gasteiger partial charge >= 0.3 is 5.97 Å². The molecular weight excluding hydrogens is 258 g/mol. The average molecular weight is 277 g/mol. The number of nitrogens with zero attached hydrogens (tertiary/aromatic N) is 1. The van der Waals surface area contributed by atoms with Crippen LogP contribution in [0.25, 0.3) is 0 Å². The van der Waals surface area contributed by atoms with Gasteiger partial charge in [-0.3, -0.25) is 9.59 Å². The molecule has 1 amide bonds. The molecule has 1 N–H and O–H groups in total. The molecular formula is C11H19NO5S. The summed E-state index contributed by atoms with van der Waals surface area (Å²) < 4.78 is 22.9. The predicted molar refractivity (Wildman–Crippen MR) is 65.8 cm³/mol. The smallest absolute Gasteiger partial charge is 0.307 e. The van der Waals surface area contributed by atoms with Gasteiger partial charge in [-0.15, -0.1) is 0 Å². The molecule has 7 heteroatoms. The van der Waals surface area contributed by atoms with Crippen LogP contribution in [0, 0.1) is 11.8 Å². The van der Waals surface area contributed by atoms with Crippen LogP contribution in [0.3, 0.4) is 0 Å². The lowest BCUT2D eigenvalue weighted by Crippen LogP contribution is -2.41. The number of carbonyl (C=O) groups is 2. The van der Waals surface area contributed by atoms with Crippen molar-refractivity contribution in [1.29, 1.82) is 0 Å². The summed E-state index contributed by atoms with van der Waals surface area (Å²) >= 11 is 0. The van der Waals surface area contributed by atoms with Gasteiger partial charge in [-0.2, -0.15) is 0 Å². The highest BCUT2D eigenvalue weighted by atomic mass is 32.2. The fourth-order valence-electron chi connectivity index (χ4n) is 1.82. The van der Waals surface area contributed by atoms with Crippen molar-refractivity contribution in [1.82, 2.24) is 4.90 Å². The van der Waals surface area contributed by atoms with Gasteiger partial charge in [0.15, 0.2) is 9.84 Å². The number of carboxylic acid groups (broad SMARTS) is 1. The highest BCUT2D eigenvalue weighted by molar-refractivity contribution is 7.91. The summed E-state index contributed by atoms with van der Waals surface area (Å²) in [6.07, 6.45) is 0.353. The van der Waals surface area contributed by atoms with Gasteiger partial charge in [0.2, 0.25) is 5.91 Å². The third-order valence-electron chi connectivity index (χ3n) is 3.37. The first-order valence-corrected chi connectivity index (χ1v) is 7.71. The molecule has 0 unspecified atom stereocenters. The summed E-state index contributed by atoms with van der Waals surface area (Å²) in [6, 6.07) is -0.433. The Labute approximate surface area is 107 Å². The molecule has 6 nitrogen and oxygen atoms in total. The Bertz CT molecular complexity index is 444. The van der Waals surface area contributed by atoms with Gasteiger partial charge in [-0.1, -0.05) is 6.92 Å². The zero-order chi connectivity index (χ0) is 14.1. The lowest BCUT2D eigenvalue weighted by Gasteiger charge is -2.24. The van der Waals surface area contributed by atoms with Crippen LogP contribution < -0.4 is 0 Å². The second-order valence-corrected chi connectivity index (χ2v) is 7.18. The van der Waals surface area contributed by atoms with Gasteiger partial charge in [0.05, 0.1) is 17.6 Å². The van der Waals surface area contributed by atoms with Gasteiger partial charge < -0.3 is 10.0 Å². The molecule has 1 rings (SSSR count). The molecule has 0 bridgehead atoms. The van der Waals surface area contributed by atoms with Crippen LogP contribution in [0.5, 0.6) is 0 Å². The first-order valence-electron chi connectivity index (χ1n) is 5.89. The van der Waals surface area contributed by atoms with Crippen molar-refractivity contribution in [3.63, 3.8) is 0 Å². The largest absolute Gasteiger partial charge is 0.481 e. The van der Waals surface area contributed by atoms with E-state index in [4.69, 9.17) is 5.11 Å². The minimum absolute atomic E-state index is 0.0422. The van der Waals surface area contributed by atoms with E-state index in [1.165, 1.54) is 11.9 Å². The predicted octanol–water partition coefficient (Wildman–Crippen LogP) is -0.0113. The van der Waals surface area contributed by atoms with Gasteiger partial charge in [0.1, 0.15) is 0 Å². The molecule has 0 heterocycles. The van der Waals surface area contributed by atoms with E-state index in [-0.39, 0.29) is 17.4 Å². The molecule has 1 fully saturated rings. The molecule has 0 radical (unpaired) electrons. The highest BCUT2D eigenvalue weighted by Gasteiger charge is 2.49. The monoisotopic (exact) mass is 277 g/mol. The number of hydrogen-bond acceptors (Lipinski definition) is 4. The van der Waals surface area contributed by atoms with E-state index in [0.717, 1.165) is 0 Å². The normalized spacial score (nSPS) is 24.4. The van der Waals surface area contributed by atoms with E-state index in [2.05, 4.69) is 0 Å². The zero-order valence-corrected chi connectivity index (χ0v) is 11.6. The Hall–Kier alpha value is -1.11. The Morgan fingerprint density at radius 3 is 2.33 bits per heavy atom. The summed E-state index contributed by atoms with van der Waals surface area (Å²) in [7, 11) is -1.62. The van der Waals surface area contributed by atoms with Crippen LogP contribution >= 0.6 is 0 Å². The molecule has 1 aliphatic carbocycles. The van der Waals surface area contributed by atoms with Gasteiger partial charge in [-0.25, -0.2) is 8.42 Å². The molecule has 1 saturated carbocycles. The first-order chi connectivity index (χ1) is 8.19. The SMILES string of the molecule is CCS(=O)(=O)C[C@H](C)N(C)C(=O)[C@H]1C[C@H]1C(=O)O. The number of rotatable bonds is 6. The maximum atomic E-state index is 11.9. The molecule has 0 saturated heterocycles. The number of hydrogen-bond donors (Lipinski definition) is 1. The molecule has 0 aromatic rings. The second-order valence-electron chi connectivity index (χ2n) is 4.78. The topological polar surface area (TPSA) is 91.8 Å². The number of amides is 1. The fraction of sp³-hybridized carbons (Fsp3) is 0.818. The molecule has 0 spiro atoms. The minimum atomic E-state index is -3.14. The van der Waals surface area contributed by atoms with Crippen LogP contribution in [0.1, 0.15) is 20.3 Å². The van der Waals surface area contributed by atoms with Crippen molar-refractivity contribution in [3.05, 3.63) is 0 Å². The Morgan fingerprint density at radius 2 is 1.94 bits per heavy atom. The Morgan fingerprint density at radius 1 is 1.39 bits per heavy atom. The Balaban J connectivity index is 2.57. The first kappa shape index (κ1) is 14.9. The van der Waals surface area contributed by atoms with Crippen molar-refractivity contribution in [2.24, 2.45) is 11.8 Å². The lowest BCUT2D eigenvalue weighted by atomic mass is 10.2. The summed E-state index contributed by atoms with van der Waals surface area (Å²) in [5.41, 5.74) is 0. The summed E-state index contributed by atoms with van der Waals surface area (Å²) in [5.74, 6) is -2.37. The summed E-state index contributed by atoms with van der Waals surface area (Å²) in [5, 5.41) is 8.75. The number of aliphatic carboxylic acids is 1. The van der Waals surface area contributed by atoms with Crippen LogP contribution in [0.15, 0.2) is 0 Å². The number of sulfone groups is 1. The molecule has 3 atom stereocenters. The molecule has 0 aromatic carbocycles. The highest BCUT2D eigenvalue weighted by Crippen LogP contribution is 2.40. The quantitative estimate of drug-likeness (QED) is 0.737. The maximum Gasteiger partial charge on any atom is 0.307 e. The van der Waals surface area contributed by atoms with Crippen molar-refractivity contribution < 1.29 is 23.1 Å². The minimum Gasteiger partial charge on any atom is -0.481 e. The summed E-state index contributed by atoms with van der Waals surface area (Å²) in [4.78, 5) is 23.9. The van der Waals surface area contributed by atoms with Gasteiger partial charge in [0, 0.05) is 18.8 Å². The van der Waals surface area contributed by atoms with Crippen LogP contribution in [-0.2, 0) is 19.4 Å². The van der Waals surface area contributed by atoms with Crippen LogP contribution in [0.2, 0.25) is 0 Å². The number of carbonyl (C=O) groups excluding carboxylic acids is 1. The van der Waals surface area contributed by atoms with E-state index in [9.17, 15) is 18.0 Å². The molecule has 1 aliphatic rings. The number of carboxylic acids is 1. The van der Waals surface area contributed by atoms with Crippen molar-refractivity contribution in [2.75, 3.05) is 18.6 Å². The van der Waals surface area contributed by atoms with E-state index >= 15 is 0 Å². The Kier molecular flexibility index (Phi) is 4.37. The molecule has 18 heavy (non-hydrogen) atoms. The summed E-state index contributed by atoms with van der Waals surface area (Å²) in [6.45, 7) is 3.22. The van der Waals surface area contributed by atoms with Crippen LogP contribution in [-0.4, -0.2) is 54.9 Å². The standard InChI is InChI=1S/C11H19NO5S/c1-4-18(16,17)6-7(2)12(3)10(13)8-5-9(8)11(14)15/h7-9H,4-6H2,1-3H3,(H,14,15)/t7-,8-,9+/m0/s1.